The van der Waals surface area contributed by atoms with Gasteiger partial charge in [0.2, 0.25) is 11.1 Å². The maximum atomic E-state index is 13.4. The zero-order chi connectivity index (χ0) is 22.8. The number of methoxy groups -OCH3 is 1. The molecule has 1 amide bonds. The van der Waals surface area contributed by atoms with Gasteiger partial charge in [-0.05, 0) is 36.8 Å². The van der Waals surface area contributed by atoms with Crippen molar-refractivity contribution in [1.82, 2.24) is 14.9 Å². The maximum Gasteiger partial charge on any atom is 0.240 e. The Bertz CT molecular complexity index is 1260. The topological polar surface area (TPSA) is 81.1 Å². The van der Waals surface area contributed by atoms with Crippen molar-refractivity contribution < 1.29 is 9.53 Å². The number of anilines is 1. The second-order valence-corrected chi connectivity index (χ2v) is 8.89. The number of nitrogens with one attached hydrogen (secondary N) is 2. The predicted molar refractivity (Wildman–Crippen MR) is 130 cm³/mol. The summed E-state index contributed by atoms with van der Waals surface area (Å²) in [5.74, 6) is 1.36. The predicted octanol–water partition coefficient (Wildman–Crippen LogP) is 4.66. The molecule has 0 spiro atoms. The van der Waals surface area contributed by atoms with E-state index in [9.17, 15) is 4.79 Å². The van der Waals surface area contributed by atoms with Gasteiger partial charge in [-0.1, -0.05) is 71.9 Å². The third-order valence-corrected chi connectivity index (χ3v) is 6.74. The van der Waals surface area contributed by atoms with Crippen LogP contribution >= 0.6 is 11.8 Å². The van der Waals surface area contributed by atoms with Crippen molar-refractivity contribution in [2.45, 2.75) is 23.4 Å². The number of rotatable bonds is 5. The van der Waals surface area contributed by atoms with E-state index in [-0.39, 0.29) is 11.9 Å². The molecule has 2 heterocycles. The summed E-state index contributed by atoms with van der Waals surface area (Å²) in [6.07, 6.45) is 0. The van der Waals surface area contributed by atoms with E-state index in [1.54, 1.807) is 7.11 Å². The average Bonchev–Trinajstić information content (AvgIpc) is 3.28. The number of aromatic nitrogens is 3. The third-order valence-electron chi connectivity index (χ3n) is 5.52. The van der Waals surface area contributed by atoms with Gasteiger partial charge in [-0.25, -0.2) is 4.68 Å². The van der Waals surface area contributed by atoms with Crippen LogP contribution in [0.1, 0.15) is 17.2 Å². The van der Waals surface area contributed by atoms with E-state index >= 15 is 0 Å². The van der Waals surface area contributed by atoms with E-state index in [1.165, 1.54) is 11.8 Å². The lowest BCUT2D eigenvalue weighted by Crippen LogP contribution is -2.41. The van der Waals surface area contributed by atoms with Gasteiger partial charge in [0.15, 0.2) is 5.82 Å². The number of ether oxygens (including phenoxy) is 1. The van der Waals surface area contributed by atoms with Gasteiger partial charge < -0.3 is 15.5 Å². The average molecular weight is 458 g/mol. The van der Waals surface area contributed by atoms with Crippen molar-refractivity contribution in [3.05, 3.63) is 90.0 Å². The Hall–Kier alpha value is -3.78. The largest absolute Gasteiger partial charge is 0.497 e. The molecular formula is C25H23N5O2S. The monoisotopic (exact) mass is 457 g/mol. The summed E-state index contributed by atoms with van der Waals surface area (Å²) in [6, 6.07) is 25.1. The highest BCUT2D eigenvalue weighted by atomic mass is 32.2. The van der Waals surface area contributed by atoms with Gasteiger partial charge >= 0.3 is 0 Å². The molecule has 8 heteroatoms. The zero-order valence-electron chi connectivity index (χ0n) is 18.2. The van der Waals surface area contributed by atoms with E-state index in [0.717, 1.165) is 28.1 Å². The normalized spacial score (nSPS) is 17.0. The van der Waals surface area contributed by atoms with E-state index in [0.29, 0.717) is 11.0 Å². The molecule has 0 aliphatic carbocycles. The summed E-state index contributed by atoms with van der Waals surface area (Å²) in [5, 5.41) is 12.0. The number of carbonyl (C=O) groups is 1. The second kappa shape index (κ2) is 8.99. The van der Waals surface area contributed by atoms with Crippen LogP contribution in [-0.4, -0.2) is 33.1 Å². The molecule has 0 bridgehead atoms. The van der Waals surface area contributed by atoms with Crippen LogP contribution in [0.25, 0.3) is 11.4 Å². The molecule has 2 N–H and O–H groups in total. The van der Waals surface area contributed by atoms with Crippen LogP contribution < -0.4 is 15.5 Å². The summed E-state index contributed by atoms with van der Waals surface area (Å²) in [6.45, 7) is 2.02. The molecule has 1 aliphatic rings. The minimum atomic E-state index is -0.458. The number of hydrogen-bond acceptors (Lipinski definition) is 6. The number of amides is 1. The Kier molecular flexibility index (Phi) is 5.75. The van der Waals surface area contributed by atoms with Crippen LogP contribution in [0.3, 0.4) is 0 Å². The lowest BCUT2D eigenvalue weighted by molar-refractivity contribution is -0.116. The summed E-state index contributed by atoms with van der Waals surface area (Å²) in [7, 11) is 1.64. The Morgan fingerprint density at radius 1 is 1.00 bits per heavy atom. The van der Waals surface area contributed by atoms with Gasteiger partial charge in [-0.3, -0.25) is 4.79 Å². The molecule has 0 unspecified atom stereocenters. The fourth-order valence-electron chi connectivity index (χ4n) is 3.74. The molecule has 33 heavy (non-hydrogen) atoms. The zero-order valence-corrected chi connectivity index (χ0v) is 19.0. The molecule has 1 aliphatic heterocycles. The number of benzene rings is 3. The fraction of sp³-hybridized carbons (Fsp3) is 0.160. The molecule has 2 atom stereocenters. The van der Waals surface area contributed by atoms with Crippen molar-refractivity contribution in [3.63, 3.8) is 0 Å². The number of fused-ring (bicyclic) bond motifs is 1. The molecule has 166 valence electrons. The third kappa shape index (κ3) is 4.29. The van der Waals surface area contributed by atoms with Gasteiger partial charge in [0.25, 0.3) is 0 Å². The molecule has 0 saturated heterocycles. The molecule has 3 aromatic carbocycles. The Morgan fingerprint density at radius 2 is 1.73 bits per heavy atom. The first-order chi connectivity index (χ1) is 16.1. The fourth-order valence-corrected chi connectivity index (χ4v) is 4.82. The van der Waals surface area contributed by atoms with Gasteiger partial charge in [-0.15, -0.1) is 10.2 Å². The summed E-state index contributed by atoms with van der Waals surface area (Å²) in [5.41, 5.74) is 7.30. The smallest absolute Gasteiger partial charge is 0.240 e. The first-order valence-electron chi connectivity index (χ1n) is 10.6. The van der Waals surface area contributed by atoms with Crippen LogP contribution in [0.4, 0.5) is 5.69 Å². The van der Waals surface area contributed by atoms with Crippen LogP contribution in [0.15, 0.2) is 84.0 Å². The van der Waals surface area contributed by atoms with E-state index in [2.05, 4.69) is 20.9 Å². The molecule has 7 nitrogen and oxygen atoms in total. The highest BCUT2D eigenvalue weighted by molar-refractivity contribution is 8.00. The van der Waals surface area contributed by atoms with Crippen LogP contribution in [-0.2, 0) is 4.79 Å². The summed E-state index contributed by atoms with van der Waals surface area (Å²) >= 11 is 1.40. The standard InChI is InChI=1S/C25H23N5O2S/c1-16-8-12-19(13-9-16)26-24(31)22-21(17-10-14-20(32-2)15-11-17)29-30-23(27-28-25(30)33-22)18-6-4-3-5-7-18/h3-15,21-22,29H,1-2H3,(H,26,31)/t21-,22+/m1/s1. The Balaban J connectivity index is 1.50. The van der Waals surface area contributed by atoms with Crippen LogP contribution in [0, 0.1) is 6.92 Å². The van der Waals surface area contributed by atoms with E-state index < -0.39 is 5.25 Å². The minimum absolute atomic E-state index is 0.104. The van der Waals surface area contributed by atoms with Gasteiger partial charge in [0, 0.05) is 11.3 Å². The highest BCUT2D eigenvalue weighted by Crippen LogP contribution is 2.39. The van der Waals surface area contributed by atoms with Crippen molar-refractivity contribution in [2.24, 2.45) is 0 Å². The van der Waals surface area contributed by atoms with Gasteiger partial charge in [0.1, 0.15) is 11.0 Å². The van der Waals surface area contributed by atoms with E-state index in [4.69, 9.17) is 4.74 Å². The van der Waals surface area contributed by atoms with Crippen molar-refractivity contribution in [1.29, 1.82) is 0 Å². The van der Waals surface area contributed by atoms with Gasteiger partial charge in [-0.2, -0.15) is 0 Å². The molecule has 0 saturated carbocycles. The Labute approximate surface area is 196 Å². The van der Waals surface area contributed by atoms with Gasteiger partial charge in [0.05, 0.1) is 13.2 Å². The lowest BCUT2D eigenvalue weighted by atomic mass is 10.0. The number of carbonyl (C=O) groups excluding carboxylic acids is 1. The minimum Gasteiger partial charge on any atom is -0.497 e. The Morgan fingerprint density at radius 3 is 2.42 bits per heavy atom. The molecule has 5 rings (SSSR count). The number of nitrogens with zero attached hydrogens (tertiary/aromatic N) is 3. The SMILES string of the molecule is COc1ccc([C@H]2Nn3c(nnc3-c3ccccc3)S[C@@H]2C(=O)Nc2ccc(C)cc2)cc1. The molecular weight excluding hydrogens is 434 g/mol. The lowest BCUT2D eigenvalue weighted by Gasteiger charge is -2.33. The first kappa shape index (κ1) is 21.1. The second-order valence-electron chi connectivity index (χ2n) is 7.78. The van der Waals surface area contributed by atoms with Crippen molar-refractivity contribution in [2.75, 3.05) is 17.9 Å². The van der Waals surface area contributed by atoms with Crippen molar-refractivity contribution in [3.8, 4) is 17.1 Å². The van der Waals surface area contributed by atoms with Crippen molar-refractivity contribution >= 4 is 23.4 Å². The number of thioether (sulfide) groups is 1. The quantitative estimate of drug-likeness (QED) is 0.454. The summed E-state index contributed by atoms with van der Waals surface area (Å²) in [4.78, 5) is 13.4. The number of hydrogen-bond donors (Lipinski definition) is 2. The highest BCUT2D eigenvalue weighted by Gasteiger charge is 2.38. The maximum absolute atomic E-state index is 13.4. The van der Waals surface area contributed by atoms with Crippen LogP contribution in [0.5, 0.6) is 5.75 Å². The number of aryl methyl sites for hydroxylation is 1. The first-order valence-corrected chi connectivity index (χ1v) is 11.5. The molecule has 1 aromatic heterocycles. The van der Waals surface area contributed by atoms with Crippen LogP contribution in [0.2, 0.25) is 0 Å². The molecule has 4 aromatic rings. The van der Waals surface area contributed by atoms with E-state index in [1.807, 2.05) is 90.5 Å². The summed E-state index contributed by atoms with van der Waals surface area (Å²) < 4.78 is 7.18. The molecule has 0 fully saturated rings. The molecule has 0 radical (unpaired) electrons.